The van der Waals surface area contributed by atoms with Crippen LogP contribution in [0.1, 0.15) is 180 Å². The van der Waals surface area contributed by atoms with Crippen LogP contribution in [0.15, 0.2) is 42.3 Å². The Morgan fingerprint density at radius 3 is 2.15 bits per heavy atom. The van der Waals surface area contributed by atoms with E-state index in [9.17, 15) is 19.5 Å². The Balaban J connectivity index is 0.967. The maximum Gasteiger partial charge on any atom is 0.326 e. The molecule has 7 atom stereocenters. The first-order valence-corrected chi connectivity index (χ1v) is 21.7. The van der Waals surface area contributed by atoms with Gasteiger partial charge in [0, 0.05) is 25.2 Å². The number of allylic oxidation sites excluding steroid dienone is 3. The van der Waals surface area contributed by atoms with Crippen LogP contribution >= 0.6 is 0 Å². The molecule has 0 bridgehead atoms. The average Bonchev–Trinajstić information content (AvgIpc) is 3.51. The number of nitrogens with one attached hydrogen (secondary N) is 1. The Labute approximate surface area is 320 Å². The summed E-state index contributed by atoms with van der Waals surface area (Å²) in [5, 5.41) is 12.4. The Bertz CT molecular complexity index is 1410. The van der Waals surface area contributed by atoms with Crippen LogP contribution in [0.4, 0.5) is 0 Å². The normalized spacial score (nSPS) is 28.1. The van der Waals surface area contributed by atoms with Crippen molar-refractivity contribution in [2.75, 3.05) is 0 Å². The van der Waals surface area contributed by atoms with E-state index in [1.165, 1.54) is 100 Å². The lowest BCUT2D eigenvalue weighted by Crippen LogP contribution is -2.50. The van der Waals surface area contributed by atoms with Crippen molar-refractivity contribution in [3.63, 3.8) is 0 Å². The molecule has 1 aromatic rings. The minimum absolute atomic E-state index is 0.0267. The average molecular weight is 731 g/mol. The van der Waals surface area contributed by atoms with Crippen LogP contribution in [-0.2, 0) is 19.1 Å². The number of hydrogen-bond acceptors (Lipinski definition) is 5. The summed E-state index contributed by atoms with van der Waals surface area (Å²) in [6, 6.07) is 3.35. The molecule has 4 aliphatic rings. The summed E-state index contributed by atoms with van der Waals surface area (Å²) in [6.07, 6.45) is 33.7. The number of hydrogen-bond donors (Lipinski definition) is 2. The Kier molecular flexibility index (Phi) is 15.6. The number of carboxylic acid groups (broad SMARTS) is 1. The topological polar surface area (TPSA) is 106 Å². The fraction of sp³-hybridized carbons (Fsp3) is 0.739. The Morgan fingerprint density at radius 2 is 1.51 bits per heavy atom. The summed E-state index contributed by atoms with van der Waals surface area (Å²) < 4.78 is 5.94. The minimum atomic E-state index is -1.01. The first-order valence-electron chi connectivity index (χ1n) is 21.7. The molecule has 0 spiro atoms. The van der Waals surface area contributed by atoms with Crippen molar-refractivity contribution in [3.8, 4) is 0 Å². The first kappa shape index (κ1) is 41.2. The van der Waals surface area contributed by atoms with Gasteiger partial charge in [0.05, 0.1) is 6.42 Å². The number of pyridine rings is 1. The van der Waals surface area contributed by atoms with Crippen molar-refractivity contribution >= 4 is 23.4 Å². The number of unbranched alkanes of at least 4 members (excludes halogenated alkanes) is 13. The zero-order valence-corrected chi connectivity index (χ0v) is 33.3. The molecule has 2 saturated carbocycles. The van der Waals surface area contributed by atoms with E-state index in [0.29, 0.717) is 24.2 Å². The second-order valence-electron chi connectivity index (χ2n) is 17.5. The van der Waals surface area contributed by atoms with E-state index in [-0.39, 0.29) is 35.7 Å². The first-order chi connectivity index (χ1) is 25.7. The summed E-state index contributed by atoms with van der Waals surface area (Å²) in [6.45, 7) is 7.21. The lowest BCUT2D eigenvalue weighted by Gasteiger charge is -2.57. The molecular weight excluding hydrogens is 661 g/mol. The van der Waals surface area contributed by atoms with Gasteiger partial charge in [-0.15, -0.1) is 0 Å². The smallest absolute Gasteiger partial charge is 0.326 e. The predicted octanol–water partition coefficient (Wildman–Crippen LogP) is 11.2. The maximum atomic E-state index is 12.9. The van der Waals surface area contributed by atoms with Crippen molar-refractivity contribution in [1.29, 1.82) is 0 Å². The van der Waals surface area contributed by atoms with Gasteiger partial charge in [0.2, 0.25) is 5.91 Å². The predicted molar refractivity (Wildman–Crippen MR) is 213 cm³/mol. The van der Waals surface area contributed by atoms with Crippen molar-refractivity contribution in [2.45, 2.75) is 187 Å². The zero-order chi connectivity index (χ0) is 37.7. The van der Waals surface area contributed by atoms with Crippen LogP contribution in [0.2, 0.25) is 0 Å². The standard InChI is InChI=1S/C46H70N2O5/c1-4-5-6-7-8-9-10-11-12-13-14-15-16-17-20-41(44(51)52)48-42(49)25-26-43(50)53-36-27-29-45(2)35(32-36)21-22-37-39-24-23-38(34-19-18-31-47-33-34)46(39,3)30-28-40(37)45/h18-19,21,23,31,33,36-37,39-41H,4-17,20,22,24-30,32H2,1-3H3,(H,48,49)(H,51,52)/t36-,37-,39-,40-,41?,45-,46+/m0/s1. The van der Waals surface area contributed by atoms with E-state index in [4.69, 9.17) is 4.74 Å². The Hall–Kier alpha value is -2.96. The largest absolute Gasteiger partial charge is 0.480 e. The molecule has 1 unspecified atom stereocenters. The second-order valence-corrected chi connectivity index (χ2v) is 17.5. The van der Waals surface area contributed by atoms with Crippen molar-refractivity contribution < 1.29 is 24.2 Å². The highest BCUT2D eigenvalue weighted by atomic mass is 16.5. The number of nitrogens with zero attached hydrogens (tertiary/aromatic N) is 1. The number of aliphatic carboxylic acids is 1. The number of amides is 1. The third kappa shape index (κ3) is 10.8. The van der Waals surface area contributed by atoms with E-state index in [1.807, 2.05) is 18.5 Å². The molecule has 7 heteroatoms. The van der Waals surface area contributed by atoms with Gasteiger partial charge in [0.25, 0.3) is 0 Å². The van der Waals surface area contributed by atoms with Gasteiger partial charge in [0.15, 0.2) is 0 Å². The molecule has 4 aliphatic carbocycles. The monoisotopic (exact) mass is 731 g/mol. The van der Waals surface area contributed by atoms with Crippen LogP contribution in [0.25, 0.3) is 5.57 Å². The van der Waals surface area contributed by atoms with Gasteiger partial charge in [-0.2, -0.15) is 0 Å². The fourth-order valence-electron chi connectivity index (χ4n) is 10.8. The van der Waals surface area contributed by atoms with Gasteiger partial charge in [-0.1, -0.05) is 134 Å². The number of carbonyl (C=O) groups excluding carboxylic acids is 2. The lowest BCUT2D eigenvalue weighted by atomic mass is 9.47. The van der Waals surface area contributed by atoms with Gasteiger partial charge >= 0.3 is 11.9 Å². The number of rotatable bonds is 22. The summed E-state index contributed by atoms with van der Waals surface area (Å²) in [5.74, 6) is 0.186. The number of fused-ring (bicyclic) bond motifs is 5. The number of esters is 1. The van der Waals surface area contributed by atoms with Crippen LogP contribution in [0.3, 0.4) is 0 Å². The molecule has 0 radical (unpaired) electrons. The number of carbonyl (C=O) groups is 3. The molecule has 1 heterocycles. The molecule has 1 amide bonds. The molecule has 2 N–H and O–H groups in total. The van der Waals surface area contributed by atoms with Crippen molar-refractivity contribution in [1.82, 2.24) is 10.3 Å². The maximum absolute atomic E-state index is 12.9. The quantitative estimate of drug-likeness (QED) is 0.0699. The molecule has 53 heavy (non-hydrogen) atoms. The summed E-state index contributed by atoms with van der Waals surface area (Å²) in [7, 11) is 0. The lowest BCUT2D eigenvalue weighted by molar-refractivity contribution is -0.152. The van der Waals surface area contributed by atoms with Crippen LogP contribution in [0.5, 0.6) is 0 Å². The highest BCUT2D eigenvalue weighted by Gasteiger charge is 2.57. The van der Waals surface area contributed by atoms with Gasteiger partial charge in [-0.25, -0.2) is 4.79 Å². The molecule has 2 fully saturated rings. The summed E-state index contributed by atoms with van der Waals surface area (Å²) in [4.78, 5) is 41.8. The van der Waals surface area contributed by atoms with Crippen molar-refractivity contribution in [2.24, 2.45) is 28.6 Å². The van der Waals surface area contributed by atoms with Gasteiger partial charge in [-0.05, 0) is 90.7 Å². The molecule has 5 rings (SSSR count). The van der Waals surface area contributed by atoms with E-state index >= 15 is 0 Å². The molecule has 1 aromatic heterocycles. The van der Waals surface area contributed by atoms with Crippen LogP contribution in [0, 0.1) is 28.6 Å². The molecule has 0 aromatic carbocycles. The third-order valence-electron chi connectivity index (χ3n) is 13.9. The SMILES string of the molecule is CCCCCCCCCCCCCCCCC(NC(=O)CCC(=O)O[C@H]1CC[C@@]2(C)C(=CC[C@@H]3[C@@H]2CC[C@]2(C)C(c4cccnc4)=CC[C@@H]32)C1)C(=O)O. The zero-order valence-electron chi connectivity index (χ0n) is 33.3. The minimum Gasteiger partial charge on any atom is -0.480 e. The van der Waals surface area contributed by atoms with Crippen LogP contribution in [-0.4, -0.2) is 40.1 Å². The van der Waals surface area contributed by atoms with Crippen molar-refractivity contribution in [3.05, 3.63) is 47.8 Å². The Morgan fingerprint density at radius 1 is 0.849 bits per heavy atom. The van der Waals surface area contributed by atoms with Crippen LogP contribution < -0.4 is 5.32 Å². The fourth-order valence-corrected chi connectivity index (χ4v) is 10.8. The highest BCUT2D eigenvalue weighted by Crippen LogP contribution is 2.66. The third-order valence-corrected chi connectivity index (χ3v) is 13.9. The molecule has 0 aliphatic heterocycles. The van der Waals surface area contributed by atoms with Gasteiger partial charge < -0.3 is 15.2 Å². The summed E-state index contributed by atoms with van der Waals surface area (Å²) >= 11 is 0. The molecule has 0 saturated heterocycles. The number of carboxylic acids is 1. The number of aromatic nitrogens is 1. The highest BCUT2D eigenvalue weighted by molar-refractivity contribution is 5.85. The summed E-state index contributed by atoms with van der Waals surface area (Å²) in [5.41, 5.74) is 4.55. The van der Waals surface area contributed by atoms with E-state index in [2.05, 4.69) is 49.3 Å². The van der Waals surface area contributed by atoms with Gasteiger partial charge in [-0.3, -0.25) is 14.6 Å². The number of ether oxygens (including phenoxy) is 1. The molecule has 7 nitrogen and oxygen atoms in total. The van der Waals surface area contributed by atoms with E-state index < -0.39 is 17.9 Å². The van der Waals surface area contributed by atoms with E-state index in [0.717, 1.165) is 51.4 Å². The molecule has 294 valence electrons. The van der Waals surface area contributed by atoms with E-state index in [1.54, 1.807) is 0 Å². The molecular formula is C46H70N2O5. The van der Waals surface area contributed by atoms with Gasteiger partial charge in [0.1, 0.15) is 12.1 Å². The second kappa shape index (κ2) is 20.1.